The first kappa shape index (κ1) is 27.9. The largest absolute Gasteiger partial charge is 0.228 e. The number of hydrogen-bond acceptors (Lipinski definition) is 2. The molecule has 0 aliphatic rings. The van der Waals surface area contributed by atoms with E-state index in [1.165, 1.54) is 54.6 Å². The molecule has 2 nitrogen and oxygen atoms in total. The first-order valence-electron chi connectivity index (χ1n) is 16.3. The Balaban J connectivity index is 1.22. The maximum absolute atomic E-state index is 5.15. The number of benzene rings is 8. The van der Waals surface area contributed by atoms with Crippen molar-refractivity contribution < 1.29 is 0 Å². The van der Waals surface area contributed by atoms with E-state index in [-0.39, 0.29) is 0 Å². The van der Waals surface area contributed by atoms with Gasteiger partial charge in [-0.15, -0.1) is 0 Å². The van der Waals surface area contributed by atoms with E-state index in [0.717, 1.165) is 28.1 Å². The lowest BCUT2D eigenvalue weighted by molar-refractivity contribution is 1.18. The van der Waals surface area contributed by atoms with Gasteiger partial charge in [0.25, 0.3) is 0 Å². The molecule has 0 unspecified atom stereocenters. The zero-order valence-electron chi connectivity index (χ0n) is 26.2. The molecule has 0 aliphatic heterocycles. The summed E-state index contributed by atoms with van der Waals surface area (Å²) in [7, 11) is 0. The van der Waals surface area contributed by atoms with Crippen LogP contribution in [-0.4, -0.2) is 9.97 Å². The summed E-state index contributed by atoms with van der Waals surface area (Å²) in [5.41, 5.74) is 9.67. The van der Waals surface area contributed by atoms with E-state index in [0.29, 0.717) is 5.82 Å². The van der Waals surface area contributed by atoms with Crippen molar-refractivity contribution in [1.82, 2.24) is 9.97 Å². The third kappa shape index (κ3) is 5.01. The fraction of sp³-hybridized carbons (Fsp3) is 0. The van der Waals surface area contributed by atoms with Gasteiger partial charge in [0.05, 0.1) is 11.4 Å². The first-order chi connectivity index (χ1) is 23.8. The standard InChI is InChI=1S/C46H30N2/c1-3-12-31(13-4-1)32-22-24-34(25-23-32)43-30-44(48-46(47-43)35-15-5-2-6-16-35)37-18-11-19-38(28-37)45-40-21-10-8-17-36(40)29-42-39-20-9-7-14-33(39)26-27-41(42)45/h1-30H. The van der Waals surface area contributed by atoms with Gasteiger partial charge in [-0.05, 0) is 72.8 Å². The van der Waals surface area contributed by atoms with Crippen molar-refractivity contribution in [3.63, 3.8) is 0 Å². The van der Waals surface area contributed by atoms with Crippen LogP contribution in [0, 0.1) is 0 Å². The second kappa shape index (κ2) is 11.8. The molecule has 0 atom stereocenters. The van der Waals surface area contributed by atoms with E-state index in [1.807, 2.05) is 24.3 Å². The van der Waals surface area contributed by atoms with Crippen LogP contribution in [0.3, 0.4) is 0 Å². The quantitative estimate of drug-likeness (QED) is 0.143. The van der Waals surface area contributed by atoms with Crippen LogP contribution in [0.4, 0.5) is 0 Å². The van der Waals surface area contributed by atoms with E-state index in [4.69, 9.17) is 9.97 Å². The Bertz CT molecular complexity index is 2590. The average molecular weight is 611 g/mol. The van der Waals surface area contributed by atoms with Gasteiger partial charge in [0, 0.05) is 16.7 Å². The Hall–Kier alpha value is -6.38. The van der Waals surface area contributed by atoms with Crippen LogP contribution >= 0.6 is 0 Å². The van der Waals surface area contributed by atoms with E-state index in [2.05, 4.69) is 158 Å². The maximum atomic E-state index is 5.15. The Morgan fingerprint density at radius 3 is 1.60 bits per heavy atom. The van der Waals surface area contributed by atoms with Crippen molar-refractivity contribution in [2.24, 2.45) is 0 Å². The molecule has 0 spiro atoms. The maximum Gasteiger partial charge on any atom is 0.160 e. The van der Waals surface area contributed by atoms with Crippen molar-refractivity contribution in [2.45, 2.75) is 0 Å². The molecule has 1 heterocycles. The average Bonchev–Trinajstić information content (AvgIpc) is 3.17. The minimum absolute atomic E-state index is 0.711. The highest BCUT2D eigenvalue weighted by Crippen LogP contribution is 2.40. The molecule has 0 fully saturated rings. The van der Waals surface area contributed by atoms with Crippen molar-refractivity contribution in [2.75, 3.05) is 0 Å². The molecule has 2 heteroatoms. The lowest BCUT2D eigenvalue weighted by atomic mass is 9.89. The van der Waals surface area contributed by atoms with E-state index < -0.39 is 0 Å². The van der Waals surface area contributed by atoms with Crippen molar-refractivity contribution in [3.8, 4) is 56.2 Å². The summed E-state index contributed by atoms with van der Waals surface area (Å²) in [5, 5.41) is 7.50. The molecule has 0 aliphatic carbocycles. The monoisotopic (exact) mass is 610 g/mol. The molecule has 0 amide bonds. The summed E-state index contributed by atoms with van der Waals surface area (Å²) >= 11 is 0. The third-order valence-corrected chi connectivity index (χ3v) is 9.26. The number of nitrogens with zero attached hydrogens (tertiary/aromatic N) is 2. The number of fused-ring (bicyclic) bond motifs is 4. The van der Waals surface area contributed by atoms with Gasteiger partial charge >= 0.3 is 0 Å². The van der Waals surface area contributed by atoms with Crippen LogP contribution in [0.5, 0.6) is 0 Å². The predicted octanol–water partition coefficient (Wildman–Crippen LogP) is 12.3. The van der Waals surface area contributed by atoms with Crippen molar-refractivity contribution >= 4 is 32.3 Å². The van der Waals surface area contributed by atoms with Gasteiger partial charge in [-0.2, -0.15) is 0 Å². The Kier molecular flexibility index (Phi) is 6.84. The van der Waals surface area contributed by atoms with Gasteiger partial charge in [0.1, 0.15) is 0 Å². The second-order valence-electron chi connectivity index (χ2n) is 12.2. The Labute approximate surface area is 279 Å². The number of aromatic nitrogens is 2. The molecule has 1 aromatic heterocycles. The molecule has 48 heavy (non-hydrogen) atoms. The fourth-order valence-corrected chi connectivity index (χ4v) is 6.89. The Morgan fingerprint density at radius 1 is 0.271 bits per heavy atom. The second-order valence-corrected chi connectivity index (χ2v) is 12.2. The minimum Gasteiger partial charge on any atom is -0.228 e. The molecule has 0 saturated heterocycles. The molecular weight excluding hydrogens is 581 g/mol. The van der Waals surface area contributed by atoms with Crippen LogP contribution < -0.4 is 0 Å². The van der Waals surface area contributed by atoms with E-state index in [1.54, 1.807) is 0 Å². The van der Waals surface area contributed by atoms with Crippen molar-refractivity contribution in [1.29, 1.82) is 0 Å². The molecular formula is C46H30N2. The zero-order valence-corrected chi connectivity index (χ0v) is 26.2. The van der Waals surface area contributed by atoms with Crippen molar-refractivity contribution in [3.05, 3.63) is 182 Å². The summed E-state index contributed by atoms with van der Waals surface area (Å²) in [6.45, 7) is 0. The predicted molar refractivity (Wildman–Crippen MR) is 202 cm³/mol. The molecule has 224 valence electrons. The number of rotatable bonds is 5. The zero-order chi connectivity index (χ0) is 31.9. The molecule has 0 radical (unpaired) electrons. The molecule has 0 saturated carbocycles. The molecule has 9 rings (SSSR count). The van der Waals surface area contributed by atoms with Crippen LogP contribution in [0.1, 0.15) is 0 Å². The van der Waals surface area contributed by atoms with Gasteiger partial charge < -0.3 is 0 Å². The molecule has 0 N–H and O–H groups in total. The van der Waals surface area contributed by atoms with Gasteiger partial charge in [0.15, 0.2) is 5.82 Å². The summed E-state index contributed by atoms with van der Waals surface area (Å²) in [6.07, 6.45) is 0. The summed E-state index contributed by atoms with van der Waals surface area (Å²) in [6, 6.07) is 64.6. The first-order valence-corrected chi connectivity index (χ1v) is 16.3. The molecule has 9 aromatic rings. The fourth-order valence-electron chi connectivity index (χ4n) is 6.89. The lowest BCUT2D eigenvalue weighted by Gasteiger charge is -2.15. The van der Waals surface area contributed by atoms with Crippen LogP contribution in [0.2, 0.25) is 0 Å². The SMILES string of the molecule is c1ccc(-c2ccc(-c3cc(-c4cccc(-c5c6ccccc6cc6c5ccc5ccccc56)c4)nc(-c4ccccc4)n3)cc2)cc1. The van der Waals surface area contributed by atoms with E-state index in [9.17, 15) is 0 Å². The molecule has 0 bridgehead atoms. The van der Waals surface area contributed by atoms with Gasteiger partial charge in [0.2, 0.25) is 0 Å². The minimum atomic E-state index is 0.711. The topological polar surface area (TPSA) is 25.8 Å². The van der Waals surface area contributed by atoms with Crippen LogP contribution in [-0.2, 0) is 0 Å². The summed E-state index contributed by atoms with van der Waals surface area (Å²) in [5.74, 6) is 0.711. The highest BCUT2D eigenvalue weighted by atomic mass is 14.9. The summed E-state index contributed by atoms with van der Waals surface area (Å²) < 4.78 is 0. The number of hydrogen-bond donors (Lipinski definition) is 0. The van der Waals surface area contributed by atoms with Gasteiger partial charge in [-0.3, -0.25) is 0 Å². The van der Waals surface area contributed by atoms with Gasteiger partial charge in [-0.25, -0.2) is 9.97 Å². The highest BCUT2D eigenvalue weighted by molar-refractivity contribution is 6.20. The summed E-state index contributed by atoms with van der Waals surface area (Å²) in [4.78, 5) is 10.2. The highest BCUT2D eigenvalue weighted by Gasteiger charge is 2.15. The van der Waals surface area contributed by atoms with Crippen LogP contribution in [0.25, 0.3) is 88.5 Å². The van der Waals surface area contributed by atoms with E-state index >= 15 is 0 Å². The molecule has 8 aromatic carbocycles. The smallest absolute Gasteiger partial charge is 0.160 e. The third-order valence-electron chi connectivity index (χ3n) is 9.26. The Morgan fingerprint density at radius 2 is 0.833 bits per heavy atom. The lowest BCUT2D eigenvalue weighted by Crippen LogP contribution is -1.96. The van der Waals surface area contributed by atoms with Gasteiger partial charge in [-0.1, -0.05) is 164 Å². The van der Waals surface area contributed by atoms with Crippen LogP contribution in [0.15, 0.2) is 182 Å². The normalized spacial score (nSPS) is 11.3.